The minimum Gasteiger partial charge on any atom is -0.496 e. The summed E-state index contributed by atoms with van der Waals surface area (Å²) in [5.41, 5.74) is 1.24. The molecule has 0 aliphatic carbocycles. The standard InChI is InChI=1S/C11H15BrO/c1-3-6-10(12)9-7-4-5-8-11(9)13-2/h4-5,7-8,10H,3,6H2,1-2H3. The van der Waals surface area contributed by atoms with Gasteiger partial charge in [0.2, 0.25) is 0 Å². The zero-order valence-corrected chi connectivity index (χ0v) is 9.67. The van der Waals surface area contributed by atoms with Gasteiger partial charge >= 0.3 is 0 Å². The average Bonchev–Trinajstić information content (AvgIpc) is 2.18. The highest BCUT2D eigenvalue weighted by molar-refractivity contribution is 9.09. The van der Waals surface area contributed by atoms with E-state index in [0.717, 1.165) is 12.2 Å². The Hall–Kier alpha value is -0.500. The molecule has 1 unspecified atom stereocenters. The first-order valence-electron chi connectivity index (χ1n) is 4.56. The molecule has 0 saturated carbocycles. The number of alkyl halides is 1. The van der Waals surface area contributed by atoms with Crippen molar-refractivity contribution in [2.75, 3.05) is 7.11 Å². The highest BCUT2D eigenvalue weighted by Gasteiger charge is 2.10. The molecule has 0 aliphatic heterocycles. The Kier molecular flexibility index (Phi) is 4.29. The first-order valence-corrected chi connectivity index (χ1v) is 5.48. The highest BCUT2D eigenvalue weighted by Crippen LogP contribution is 2.33. The van der Waals surface area contributed by atoms with Gasteiger partial charge in [0, 0.05) is 10.4 Å². The van der Waals surface area contributed by atoms with Crippen LogP contribution in [0.4, 0.5) is 0 Å². The van der Waals surface area contributed by atoms with E-state index >= 15 is 0 Å². The van der Waals surface area contributed by atoms with Crippen molar-refractivity contribution < 1.29 is 4.74 Å². The second-order valence-corrected chi connectivity index (χ2v) is 4.10. The van der Waals surface area contributed by atoms with E-state index in [1.165, 1.54) is 12.0 Å². The van der Waals surface area contributed by atoms with Crippen LogP contribution in [0.15, 0.2) is 24.3 Å². The van der Waals surface area contributed by atoms with E-state index in [1.54, 1.807) is 7.11 Å². The molecule has 0 radical (unpaired) electrons. The van der Waals surface area contributed by atoms with Crippen LogP contribution in [0.5, 0.6) is 5.75 Å². The molecule has 0 spiro atoms. The summed E-state index contributed by atoms with van der Waals surface area (Å²) in [5.74, 6) is 0.970. The summed E-state index contributed by atoms with van der Waals surface area (Å²) < 4.78 is 5.28. The van der Waals surface area contributed by atoms with Gasteiger partial charge in [-0.25, -0.2) is 0 Å². The second-order valence-electron chi connectivity index (χ2n) is 3.00. The number of benzene rings is 1. The Morgan fingerprint density at radius 2 is 2.08 bits per heavy atom. The fourth-order valence-corrected chi connectivity index (χ4v) is 2.17. The van der Waals surface area contributed by atoms with E-state index in [-0.39, 0.29) is 0 Å². The largest absolute Gasteiger partial charge is 0.496 e. The van der Waals surface area contributed by atoms with Gasteiger partial charge in [0.25, 0.3) is 0 Å². The van der Waals surface area contributed by atoms with Crippen molar-refractivity contribution in [2.45, 2.75) is 24.6 Å². The van der Waals surface area contributed by atoms with Crippen molar-refractivity contribution in [3.8, 4) is 5.75 Å². The van der Waals surface area contributed by atoms with Crippen molar-refractivity contribution in [1.82, 2.24) is 0 Å². The lowest BCUT2D eigenvalue weighted by Crippen LogP contribution is -1.94. The van der Waals surface area contributed by atoms with Gasteiger partial charge in [-0.2, -0.15) is 0 Å². The molecule has 1 rings (SSSR count). The van der Waals surface area contributed by atoms with Crippen LogP contribution >= 0.6 is 15.9 Å². The zero-order valence-electron chi connectivity index (χ0n) is 8.09. The summed E-state index contributed by atoms with van der Waals surface area (Å²) in [6.07, 6.45) is 2.31. The van der Waals surface area contributed by atoms with E-state index in [1.807, 2.05) is 18.2 Å². The lowest BCUT2D eigenvalue weighted by molar-refractivity contribution is 0.409. The van der Waals surface area contributed by atoms with Gasteiger partial charge in [-0.05, 0) is 12.5 Å². The molecule has 0 saturated heterocycles. The molecule has 0 fully saturated rings. The maximum Gasteiger partial charge on any atom is 0.123 e. The van der Waals surface area contributed by atoms with E-state index < -0.39 is 0 Å². The molecule has 13 heavy (non-hydrogen) atoms. The third-order valence-electron chi connectivity index (χ3n) is 2.02. The van der Waals surface area contributed by atoms with Gasteiger partial charge in [0.1, 0.15) is 5.75 Å². The Bertz CT molecular complexity index is 260. The van der Waals surface area contributed by atoms with Crippen LogP contribution in [0.2, 0.25) is 0 Å². The molecule has 1 aromatic rings. The lowest BCUT2D eigenvalue weighted by atomic mass is 10.1. The lowest BCUT2D eigenvalue weighted by Gasteiger charge is -2.12. The van der Waals surface area contributed by atoms with Gasteiger partial charge in [-0.15, -0.1) is 0 Å². The van der Waals surface area contributed by atoms with Crippen molar-refractivity contribution in [3.63, 3.8) is 0 Å². The molecule has 0 aliphatic rings. The van der Waals surface area contributed by atoms with Gasteiger partial charge in [-0.1, -0.05) is 47.5 Å². The summed E-state index contributed by atoms with van der Waals surface area (Å²) in [4.78, 5) is 0.411. The monoisotopic (exact) mass is 242 g/mol. The SMILES string of the molecule is CCCC(Br)c1ccccc1OC. The van der Waals surface area contributed by atoms with E-state index in [0.29, 0.717) is 4.83 Å². The van der Waals surface area contributed by atoms with Crippen LogP contribution in [0.3, 0.4) is 0 Å². The minimum atomic E-state index is 0.411. The molecule has 0 heterocycles. The fraction of sp³-hybridized carbons (Fsp3) is 0.455. The van der Waals surface area contributed by atoms with Crippen molar-refractivity contribution in [3.05, 3.63) is 29.8 Å². The highest BCUT2D eigenvalue weighted by atomic mass is 79.9. The number of halogens is 1. The quantitative estimate of drug-likeness (QED) is 0.728. The first kappa shape index (κ1) is 10.6. The second kappa shape index (κ2) is 5.28. The topological polar surface area (TPSA) is 9.23 Å². The van der Waals surface area contributed by atoms with Crippen LogP contribution in [-0.4, -0.2) is 7.11 Å². The minimum absolute atomic E-state index is 0.411. The third-order valence-corrected chi connectivity index (χ3v) is 2.97. The molecule has 0 aromatic heterocycles. The number of hydrogen-bond acceptors (Lipinski definition) is 1. The van der Waals surface area contributed by atoms with Crippen LogP contribution in [0.1, 0.15) is 30.2 Å². The maximum atomic E-state index is 5.28. The van der Waals surface area contributed by atoms with Crippen molar-refractivity contribution >= 4 is 15.9 Å². The summed E-state index contributed by atoms with van der Waals surface area (Å²) in [7, 11) is 1.71. The predicted molar refractivity (Wildman–Crippen MR) is 59.6 cm³/mol. The molecule has 1 atom stereocenters. The fourth-order valence-electron chi connectivity index (χ4n) is 1.33. The van der Waals surface area contributed by atoms with Gasteiger partial charge < -0.3 is 4.74 Å². The smallest absolute Gasteiger partial charge is 0.123 e. The molecule has 72 valence electrons. The first-order chi connectivity index (χ1) is 6.29. The van der Waals surface area contributed by atoms with E-state index in [2.05, 4.69) is 28.9 Å². The molecule has 0 bridgehead atoms. The summed E-state index contributed by atoms with van der Waals surface area (Å²) >= 11 is 3.66. The van der Waals surface area contributed by atoms with Crippen LogP contribution < -0.4 is 4.74 Å². The normalized spacial score (nSPS) is 12.5. The Balaban J connectivity index is 2.85. The van der Waals surface area contributed by atoms with Gasteiger partial charge in [0.15, 0.2) is 0 Å². The summed E-state index contributed by atoms with van der Waals surface area (Å²) in [5, 5.41) is 0. The molecule has 2 heteroatoms. The molecule has 0 amide bonds. The van der Waals surface area contributed by atoms with Gasteiger partial charge in [0.05, 0.1) is 7.11 Å². The number of ether oxygens (including phenoxy) is 1. The number of hydrogen-bond donors (Lipinski definition) is 0. The molecular weight excluding hydrogens is 228 g/mol. The van der Waals surface area contributed by atoms with Crippen LogP contribution in [0.25, 0.3) is 0 Å². The maximum absolute atomic E-state index is 5.28. The zero-order chi connectivity index (χ0) is 9.68. The van der Waals surface area contributed by atoms with Crippen molar-refractivity contribution in [2.24, 2.45) is 0 Å². The molecule has 1 nitrogen and oxygen atoms in total. The molecule has 1 aromatic carbocycles. The number of para-hydroxylation sites is 1. The van der Waals surface area contributed by atoms with E-state index in [4.69, 9.17) is 4.74 Å². The predicted octanol–water partition coefficient (Wildman–Crippen LogP) is 3.93. The summed E-state index contributed by atoms with van der Waals surface area (Å²) in [6.45, 7) is 2.18. The average molecular weight is 243 g/mol. The van der Waals surface area contributed by atoms with Gasteiger partial charge in [-0.3, -0.25) is 0 Å². The van der Waals surface area contributed by atoms with Crippen LogP contribution in [-0.2, 0) is 0 Å². The Morgan fingerprint density at radius 1 is 1.38 bits per heavy atom. The Morgan fingerprint density at radius 3 is 2.69 bits per heavy atom. The summed E-state index contributed by atoms with van der Waals surface area (Å²) in [6, 6.07) is 8.14. The van der Waals surface area contributed by atoms with Crippen LogP contribution in [0, 0.1) is 0 Å². The van der Waals surface area contributed by atoms with Crippen molar-refractivity contribution in [1.29, 1.82) is 0 Å². The third kappa shape index (κ3) is 2.73. The molecular formula is C11H15BrO. The molecule has 0 N–H and O–H groups in total. The number of methoxy groups -OCH3 is 1. The Labute approximate surface area is 88.2 Å². The van der Waals surface area contributed by atoms with E-state index in [9.17, 15) is 0 Å². The number of rotatable bonds is 4.